The van der Waals surface area contributed by atoms with Crippen molar-refractivity contribution in [1.29, 1.82) is 0 Å². The summed E-state index contributed by atoms with van der Waals surface area (Å²) < 4.78 is 7.37. The Kier molecular flexibility index (Phi) is 3.96. The number of ether oxygens (including phenoxy) is 1. The van der Waals surface area contributed by atoms with Crippen molar-refractivity contribution in [2.45, 2.75) is 19.6 Å². The van der Waals surface area contributed by atoms with Crippen molar-refractivity contribution in [2.75, 3.05) is 13.7 Å². The van der Waals surface area contributed by atoms with E-state index in [0.29, 0.717) is 17.8 Å². The second-order valence-electron chi connectivity index (χ2n) is 5.19. The van der Waals surface area contributed by atoms with Gasteiger partial charge < -0.3 is 19.4 Å². The van der Waals surface area contributed by atoms with Crippen LogP contribution in [0.1, 0.15) is 11.4 Å². The zero-order chi connectivity index (χ0) is 14.8. The molecule has 0 atom stereocenters. The van der Waals surface area contributed by atoms with Crippen molar-refractivity contribution in [3.8, 4) is 5.75 Å². The minimum atomic E-state index is -1.47. The Morgan fingerprint density at radius 1 is 1.33 bits per heavy atom. The van der Waals surface area contributed by atoms with E-state index in [1.807, 2.05) is 18.5 Å². The predicted octanol–water partition coefficient (Wildman–Crippen LogP) is -0.413. The van der Waals surface area contributed by atoms with Gasteiger partial charge in [0.25, 0.3) is 0 Å². The van der Waals surface area contributed by atoms with Crippen molar-refractivity contribution in [3.63, 3.8) is 0 Å². The molecule has 7 heteroatoms. The maximum atomic E-state index is 9.50. The molecule has 0 unspecified atom stereocenters. The molecule has 0 fully saturated rings. The largest absolute Gasteiger partial charge is 0.497 e. The van der Waals surface area contributed by atoms with Gasteiger partial charge in [0.1, 0.15) is 11.6 Å². The highest BCUT2D eigenvalue weighted by Crippen LogP contribution is 2.17. The molecule has 1 aromatic carbocycles. The summed E-state index contributed by atoms with van der Waals surface area (Å²) in [6.07, 6.45) is 3.80. The van der Waals surface area contributed by atoms with Gasteiger partial charge in [-0.15, -0.1) is 0 Å². The third kappa shape index (κ3) is 2.95. The number of methoxy groups -OCH3 is 1. The van der Waals surface area contributed by atoms with Gasteiger partial charge in [0.05, 0.1) is 13.7 Å². The zero-order valence-corrected chi connectivity index (χ0v) is 11.9. The molecule has 0 aliphatic carbocycles. The van der Waals surface area contributed by atoms with Crippen LogP contribution in [-0.2, 0) is 19.6 Å². The summed E-state index contributed by atoms with van der Waals surface area (Å²) in [7, 11) is 0.129. The summed E-state index contributed by atoms with van der Waals surface area (Å²) >= 11 is 0. The topological polar surface area (TPSA) is 70.8 Å². The first-order valence-electron chi connectivity index (χ1n) is 6.92. The number of rotatable bonds is 4. The molecule has 2 heterocycles. The molecular formula is C14H18BN3O3. The second kappa shape index (κ2) is 5.89. The maximum absolute atomic E-state index is 9.50. The quantitative estimate of drug-likeness (QED) is 0.748. The molecule has 0 saturated carbocycles. The van der Waals surface area contributed by atoms with Crippen molar-refractivity contribution >= 4 is 12.6 Å². The number of fused-ring (bicyclic) bond motifs is 1. The van der Waals surface area contributed by atoms with Crippen LogP contribution in [0.3, 0.4) is 0 Å². The lowest BCUT2D eigenvalue weighted by Crippen LogP contribution is -2.38. The van der Waals surface area contributed by atoms with Gasteiger partial charge in [0, 0.05) is 32.0 Å². The number of hydrogen-bond donors (Lipinski definition) is 2. The summed E-state index contributed by atoms with van der Waals surface area (Å²) in [6, 6.07) is 5.29. The number of imidazole rings is 1. The van der Waals surface area contributed by atoms with Gasteiger partial charge in [0.15, 0.2) is 0 Å². The Hall–Kier alpha value is -1.83. The average Bonchev–Trinajstić information content (AvgIpc) is 2.94. The first-order chi connectivity index (χ1) is 10.2. The smallest absolute Gasteiger partial charge is 0.488 e. The lowest BCUT2D eigenvalue weighted by molar-refractivity contribution is 0.209. The summed E-state index contributed by atoms with van der Waals surface area (Å²) in [6.45, 7) is 3.19. The van der Waals surface area contributed by atoms with Gasteiger partial charge in [-0.05, 0) is 23.2 Å². The standard InChI is InChI=1S/C14H18BN3O3/c1-21-12-2-3-13(15(19)20)11(8-12)9-17-6-7-18-5-4-16-14(18)10-17/h2-5,8,19-20H,6-7,9-10H2,1H3. The van der Waals surface area contributed by atoms with Crippen LogP contribution >= 0.6 is 0 Å². The molecule has 110 valence electrons. The van der Waals surface area contributed by atoms with E-state index in [-0.39, 0.29) is 0 Å². The fraction of sp³-hybridized carbons (Fsp3) is 0.357. The number of benzene rings is 1. The van der Waals surface area contributed by atoms with Crippen molar-refractivity contribution in [1.82, 2.24) is 14.5 Å². The molecule has 0 radical (unpaired) electrons. The van der Waals surface area contributed by atoms with Crippen molar-refractivity contribution in [2.24, 2.45) is 0 Å². The van der Waals surface area contributed by atoms with Crippen LogP contribution in [0.2, 0.25) is 0 Å². The molecule has 1 aliphatic rings. The van der Waals surface area contributed by atoms with E-state index in [2.05, 4.69) is 14.5 Å². The molecule has 0 saturated heterocycles. The van der Waals surface area contributed by atoms with E-state index in [4.69, 9.17) is 4.74 Å². The van der Waals surface area contributed by atoms with E-state index in [1.54, 1.807) is 19.2 Å². The number of aromatic nitrogens is 2. The molecule has 3 rings (SSSR count). The molecule has 1 aromatic heterocycles. The summed E-state index contributed by atoms with van der Waals surface area (Å²) in [5.41, 5.74) is 1.38. The Balaban J connectivity index is 1.81. The average molecular weight is 287 g/mol. The van der Waals surface area contributed by atoms with Gasteiger partial charge in [-0.3, -0.25) is 4.90 Å². The molecule has 2 aromatic rings. The molecular weight excluding hydrogens is 269 g/mol. The Bertz CT molecular complexity index is 630. The minimum Gasteiger partial charge on any atom is -0.497 e. The Morgan fingerprint density at radius 3 is 2.95 bits per heavy atom. The number of hydrogen-bond acceptors (Lipinski definition) is 5. The van der Waals surface area contributed by atoms with Crippen molar-refractivity contribution < 1.29 is 14.8 Å². The number of nitrogens with zero attached hydrogens (tertiary/aromatic N) is 3. The fourth-order valence-corrected chi connectivity index (χ4v) is 2.70. The van der Waals surface area contributed by atoms with Crippen LogP contribution in [-0.4, -0.2) is 45.3 Å². The van der Waals surface area contributed by atoms with E-state index >= 15 is 0 Å². The fourth-order valence-electron chi connectivity index (χ4n) is 2.70. The SMILES string of the molecule is COc1ccc(B(O)O)c(CN2CCn3ccnc3C2)c1. The van der Waals surface area contributed by atoms with Crippen LogP contribution in [0.15, 0.2) is 30.6 Å². The van der Waals surface area contributed by atoms with Crippen LogP contribution in [0, 0.1) is 0 Å². The Morgan fingerprint density at radius 2 is 2.19 bits per heavy atom. The summed E-state index contributed by atoms with van der Waals surface area (Å²) in [5, 5.41) is 19.0. The highest BCUT2D eigenvalue weighted by atomic mass is 16.5. The first-order valence-corrected chi connectivity index (χ1v) is 6.92. The zero-order valence-electron chi connectivity index (χ0n) is 11.9. The molecule has 0 amide bonds. The van der Waals surface area contributed by atoms with Gasteiger partial charge in [-0.2, -0.15) is 0 Å². The first kappa shape index (κ1) is 14.1. The summed E-state index contributed by atoms with van der Waals surface area (Å²) in [5.74, 6) is 1.75. The van der Waals surface area contributed by atoms with E-state index < -0.39 is 7.12 Å². The molecule has 0 spiro atoms. The monoisotopic (exact) mass is 287 g/mol. The van der Waals surface area contributed by atoms with Gasteiger partial charge in [-0.1, -0.05) is 6.07 Å². The predicted molar refractivity (Wildman–Crippen MR) is 79.2 cm³/mol. The van der Waals surface area contributed by atoms with Gasteiger partial charge in [-0.25, -0.2) is 4.98 Å². The molecule has 0 bridgehead atoms. The Labute approximate surface area is 123 Å². The van der Waals surface area contributed by atoms with Crippen LogP contribution in [0.25, 0.3) is 0 Å². The maximum Gasteiger partial charge on any atom is 0.488 e. The normalized spacial score (nSPS) is 14.8. The second-order valence-corrected chi connectivity index (χ2v) is 5.19. The molecule has 1 aliphatic heterocycles. The van der Waals surface area contributed by atoms with Crippen LogP contribution in [0.5, 0.6) is 5.75 Å². The van der Waals surface area contributed by atoms with Gasteiger partial charge >= 0.3 is 7.12 Å². The third-order valence-electron chi connectivity index (χ3n) is 3.85. The van der Waals surface area contributed by atoms with Crippen LogP contribution in [0.4, 0.5) is 0 Å². The van der Waals surface area contributed by atoms with Gasteiger partial charge in [0.2, 0.25) is 0 Å². The molecule has 21 heavy (non-hydrogen) atoms. The highest BCUT2D eigenvalue weighted by Gasteiger charge is 2.21. The third-order valence-corrected chi connectivity index (χ3v) is 3.85. The molecule has 6 nitrogen and oxygen atoms in total. The van der Waals surface area contributed by atoms with E-state index in [1.165, 1.54) is 0 Å². The minimum absolute atomic E-state index is 0.518. The van der Waals surface area contributed by atoms with Crippen LogP contribution < -0.4 is 10.2 Å². The van der Waals surface area contributed by atoms with E-state index in [9.17, 15) is 10.0 Å². The molecule has 2 N–H and O–H groups in total. The van der Waals surface area contributed by atoms with Crippen molar-refractivity contribution in [3.05, 3.63) is 42.0 Å². The highest BCUT2D eigenvalue weighted by molar-refractivity contribution is 6.59. The van der Waals surface area contributed by atoms with E-state index in [0.717, 1.165) is 31.0 Å². The lowest BCUT2D eigenvalue weighted by atomic mass is 9.77. The lowest BCUT2D eigenvalue weighted by Gasteiger charge is -2.28. The summed E-state index contributed by atoms with van der Waals surface area (Å²) in [4.78, 5) is 6.58.